The van der Waals surface area contributed by atoms with Crippen LogP contribution in [0.3, 0.4) is 0 Å². The van der Waals surface area contributed by atoms with Gasteiger partial charge in [-0.15, -0.1) is 11.8 Å². The third kappa shape index (κ3) is 1.74. The van der Waals surface area contributed by atoms with Gasteiger partial charge in [-0.05, 0) is 13.8 Å². The fourth-order valence-corrected chi connectivity index (χ4v) is 1.90. The summed E-state index contributed by atoms with van der Waals surface area (Å²) in [4.78, 5) is 15.1. The Morgan fingerprint density at radius 2 is 2.36 bits per heavy atom. The lowest BCUT2D eigenvalue weighted by Gasteiger charge is -2.03. The minimum absolute atomic E-state index is 0.251. The van der Waals surface area contributed by atoms with Crippen LogP contribution in [-0.2, 0) is 9.53 Å². The average molecular weight is 173 g/mol. The van der Waals surface area contributed by atoms with E-state index in [9.17, 15) is 4.79 Å². The molecule has 0 aliphatic carbocycles. The molecular weight excluding hydrogens is 162 g/mol. The molecule has 0 aromatic heterocycles. The molecule has 0 amide bonds. The molecule has 0 bridgehead atoms. The van der Waals surface area contributed by atoms with Gasteiger partial charge < -0.3 is 4.74 Å². The first kappa shape index (κ1) is 8.59. The fourth-order valence-electron chi connectivity index (χ4n) is 0.821. The van der Waals surface area contributed by atoms with Crippen LogP contribution in [0.5, 0.6) is 0 Å². The third-order valence-corrected chi connectivity index (χ3v) is 2.95. The van der Waals surface area contributed by atoms with Gasteiger partial charge in [0.2, 0.25) is 0 Å². The Morgan fingerprint density at radius 1 is 1.73 bits per heavy atom. The first-order valence-corrected chi connectivity index (χ1v) is 4.37. The summed E-state index contributed by atoms with van der Waals surface area (Å²) in [6.07, 6.45) is 0. The van der Waals surface area contributed by atoms with E-state index in [4.69, 9.17) is 0 Å². The number of thioether (sulfide) groups is 1. The van der Waals surface area contributed by atoms with E-state index in [1.807, 2.05) is 13.8 Å². The summed E-state index contributed by atoms with van der Waals surface area (Å²) in [5, 5.41) is 0.0223. The van der Waals surface area contributed by atoms with E-state index in [1.165, 1.54) is 18.9 Å². The standard InChI is InChI=1S/C7H11NO2S/c1-4-5(2)11-6(8-4)7(9)10-3/h5-6H,1-3H3. The summed E-state index contributed by atoms with van der Waals surface area (Å²) >= 11 is 1.53. The Labute approximate surface area is 70.2 Å². The zero-order valence-corrected chi connectivity index (χ0v) is 7.64. The Bertz CT molecular complexity index is 203. The number of carbonyl (C=O) groups excluding carboxylic acids is 1. The normalized spacial score (nSPS) is 29.9. The molecule has 2 unspecified atom stereocenters. The molecule has 0 saturated heterocycles. The van der Waals surface area contributed by atoms with Crippen LogP contribution in [0, 0.1) is 0 Å². The van der Waals surface area contributed by atoms with Crippen molar-refractivity contribution in [3.8, 4) is 0 Å². The Kier molecular flexibility index (Phi) is 2.54. The van der Waals surface area contributed by atoms with E-state index in [0.717, 1.165) is 5.71 Å². The second-order valence-electron chi connectivity index (χ2n) is 2.42. The highest BCUT2D eigenvalue weighted by atomic mass is 32.2. The predicted molar refractivity (Wildman–Crippen MR) is 46.0 cm³/mol. The maximum absolute atomic E-state index is 11.0. The van der Waals surface area contributed by atoms with Crippen LogP contribution in [0.1, 0.15) is 13.8 Å². The number of hydrogen-bond donors (Lipinski definition) is 0. The fraction of sp³-hybridized carbons (Fsp3) is 0.714. The average Bonchev–Trinajstić information content (AvgIpc) is 2.31. The molecule has 0 aromatic carbocycles. The number of ether oxygens (including phenoxy) is 1. The lowest BCUT2D eigenvalue weighted by atomic mass is 10.3. The summed E-state index contributed by atoms with van der Waals surface area (Å²) in [6.45, 7) is 3.97. The van der Waals surface area contributed by atoms with Crippen LogP contribution < -0.4 is 0 Å². The van der Waals surface area contributed by atoms with Crippen LogP contribution >= 0.6 is 11.8 Å². The smallest absolute Gasteiger partial charge is 0.341 e. The molecule has 0 saturated carbocycles. The third-order valence-electron chi connectivity index (χ3n) is 1.65. The maximum atomic E-state index is 11.0. The van der Waals surface area contributed by atoms with Gasteiger partial charge >= 0.3 is 5.97 Å². The van der Waals surface area contributed by atoms with Crippen LogP contribution in [0.4, 0.5) is 0 Å². The summed E-state index contributed by atoms with van der Waals surface area (Å²) in [7, 11) is 1.39. The second-order valence-corrected chi connectivity index (χ2v) is 3.85. The van der Waals surface area contributed by atoms with Crippen LogP contribution in [-0.4, -0.2) is 29.4 Å². The van der Waals surface area contributed by atoms with Crippen LogP contribution in [0.25, 0.3) is 0 Å². The van der Waals surface area contributed by atoms with Crippen molar-refractivity contribution in [2.45, 2.75) is 24.5 Å². The lowest BCUT2D eigenvalue weighted by molar-refractivity contribution is -0.139. The minimum Gasteiger partial charge on any atom is -0.467 e. The Hall–Kier alpha value is -0.510. The van der Waals surface area contributed by atoms with Crippen molar-refractivity contribution in [1.29, 1.82) is 0 Å². The zero-order chi connectivity index (χ0) is 8.43. The topological polar surface area (TPSA) is 38.7 Å². The van der Waals surface area contributed by atoms with Crippen LogP contribution in [0.15, 0.2) is 4.99 Å². The van der Waals surface area contributed by atoms with E-state index in [0.29, 0.717) is 5.25 Å². The molecule has 62 valence electrons. The van der Waals surface area contributed by atoms with E-state index in [-0.39, 0.29) is 11.3 Å². The number of hydrogen-bond acceptors (Lipinski definition) is 4. The lowest BCUT2D eigenvalue weighted by Crippen LogP contribution is -2.14. The molecule has 1 rings (SSSR count). The zero-order valence-electron chi connectivity index (χ0n) is 6.83. The van der Waals surface area contributed by atoms with Gasteiger partial charge in [-0.2, -0.15) is 0 Å². The van der Waals surface area contributed by atoms with E-state index >= 15 is 0 Å². The van der Waals surface area contributed by atoms with Gasteiger partial charge in [0.25, 0.3) is 0 Å². The first-order valence-electron chi connectivity index (χ1n) is 3.42. The maximum Gasteiger partial charge on any atom is 0.341 e. The number of rotatable bonds is 1. The summed E-state index contributed by atoms with van der Waals surface area (Å²) in [5.74, 6) is -0.251. The van der Waals surface area contributed by atoms with Gasteiger partial charge in [0, 0.05) is 11.0 Å². The van der Waals surface area contributed by atoms with Crippen molar-refractivity contribution in [3.63, 3.8) is 0 Å². The number of methoxy groups -OCH3 is 1. The summed E-state index contributed by atoms with van der Waals surface area (Å²) in [6, 6.07) is 0. The predicted octanol–water partition coefficient (Wildman–Crippen LogP) is 1.08. The molecule has 4 heteroatoms. The second kappa shape index (κ2) is 3.26. The molecule has 1 aliphatic heterocycles. The molecule has 1 heterocycles. The van der Waals surface area contributed by atoms with Crippen molar-refractivity contribution in [1.82, 2.24) is 0 Å². The SMILES string of the molecule is COC(=O)C1N=C(C)C(C)S1. The van der Waals surface area contributed by atoms with Crippen molar-refractivity contribution >= 4 is 23.4 Å². The molecule has 11 heavy (non-hydrogen) atoms. The molecule has 0 fully saturated rings. The molecule has 3 nitrogen and oxygen atoms in total. The molecule has 0 aromatic rings. The highest BCUT2D eigenvalue weighted by molar-refractivity contribution is 8.02. The van der Waals surface area contributed by atoms with Gasteiger partial charge in [-0.1, -0.05) is 0 Å². The molecule has 0 N–H and O–H groups in total. The largest absolute Gasteiger partial charge is 0.467 e. The van der Waals surface area contributed by atoms with Crippen molar-refractivity contribution < 1.29 is 9.53 Å². The quantitative estimate of drug-likeness (QED) is 0.557. The monoisotopic (exact) mass is 173 g/mol. The minimum atomic E-state index is -0.324. The van der Waals surface area contributed by atoms with Gasteiger partial charge in [0.15, 0.2) is 5.37 Å². The molecule has 2 atom stereocenters. The number of esters is 1. The molecule has 1 aliphatic rings. The number of nitrogens with zero attached hydrogens (tertiary/aromatic N) is 1. The van der Waals surface area contributed by atoms with E-state index < -0.39 is 0 Å². The molecular formula is C7H11NO2S. The highest BCUT2D eigenvalue weighted by Gasteiger charge is 2.28. The Balaban J connectivity index is 2.60. The first-order chi connectivity index (χ1) is 5.15. The highest BCUT2D eigenvalue weighted by Crippen LogP contribution is 2.27. The van der Waals surface area contributed by atoms with E-state index in [2.05, 4.69) is 9.73 Å². The van der Waals surface area contributed by atoms with Gasteiger partial charge in [-0.25, -0.2) is 4.79 Å². The van der Waals surface area contributed by atoms with Crippen LogP contribution in [0.2, 0.25) is 0 Å². The summed E-state index contributed by atoms with van der Waals surface area (Å²) < 4.78 is 4.56. The van der Waals surface area contributed by atoms with Crippen molar-refractivity contribution in [2.75, 3.05) is 7.11 Å². The summed E-state index contributed by atoms with van der Waals surface area (Å²) in [5.41, 5.74) is 1.02. The number of carbonyl (C=O) groups is 1. The van der Waals surface area contributed by atoms with Crippen molar-refractivity contribution in [3.05, 3.63) is 0 Å². The number of aliphatic imine (C=N–C) groups is 1. The van der Waals surface area contributed by atoms with Gasteiger partial charge in [0.1, 0.15) is 0 Å². The van der Waals surface area contributed by atoms with Crippen molar-refractivity contribution in [2.24, 2.45) is 4.99 Å². The Morgan fingerprint density at radius 3 is 2.73 bits per heavy atom. The van der Waals surface area contributed by atoms with Gasteiger partial charge in [0.05, 0.1) is 7.11 Å². The molecule has 0 radical (unpaired) electrons. The molecule has 0 spiro atoms. The van der Waals surface area contributed by atoms with E-state index in [1.54, 1.807) is 0 Å². The van der Waals surface area contributed by atoms with Gasteiger partial charge in [-0.3, -0.25) is 4.99 Å².